The van der Waals surface area contributed by atoms with Crippen molar-refractivity contribution in [2.45, 2.75) is 71.3 Å². The number of fused-ring (bicyclic) bond motifs is 2. The van der Waals surface area contributed by atoms with Gasteiger partial charge in [-0.05, 0) is 82.5 Å². The molecule has 3 unspecified atom stereocenters. The van der Waals surface area contributed by atoms with Crippen molar-refractivity contribution >= 4 is 0 Å². The van der Waals surface area contributed by atoms with E-state index in [1.165, 1.54) is 45.1 Å². The summed E-state index contributed by atoms with van der Waals surface area (Å²) >= 11 is 0. The summed E-state index contributed by atoms with van der Waals surface area (Å²) in [4.78, 5) is 0. The highest BCUT2D eigenvalue weighted by molar-refractivity contribution is 4.96. The average Bonchev–Trinajstić information content (AvgIpc) is 2.99. The Morgan fingerprint density at radius 2 is 1.85 bits per heavy atom. The molecular weight excluding hydrogens is 246 g/mol. The minimum Gasteiger partial charge on any atom is -0.381 e. The molecule has 116 valence electrons. The van der Waals surface area contributed by atoms with Crippen LogP contribution in [0.5, 0.6) is 0 Å². The second kappa shape index (κ2) is 5.61. The standard InChI is InChI=1S/C18H33NO/c1-17(2,3)19-13-18(6-8-20-9-7-18)12-16-11-14-4-5-15(16)10-14/h14-16,19H,4-13H2,1-3H3. The Morgan fingerprint density at radius 1 is 1.10 bits per heavy atom. The minimum absolute atomic E-state index is 0.236. The van der Waals surface area contributed by atoms with Crippen LogP contribution < -0.4 is 5.32 Å². The minimum atomic E-state index is 0.236. The molecule has 3 atom stereocenters. The number of nitrogens with one attached hydrogen (secondary N) is 1. The van der Waals surface area contributed by atoms with Gasteiger partial charge in [-0.3, -0.25) is 0 Å². The van der Waals surface area contributed by atoms with E-state index in [4.69, 9.17) is 4.74 Å². The fraction of sp³-hybridized carbons (Fsp3) is 1.00. The van der Waals surface area contributed by atoms with Crippen LogP contribution in [0.25, 0.3) is 0 Å². The van der Waals surface area contributed by atoms with Gasteiger partial charge in [0.05, 0.1) is 0 Å². The van der Waals surface area contributed by atoms with Gasteiger partial charge >= 0.3 is 0 Å². The van der Waals surface area contributed by atoms with Crippen LogP contribution in [0.15, 0.2) is 0 Å². The van der Waals surface area contributed by atoms with E-state index in [0.717, 1.165) is 31.0 Å². The van der Waals surface area contributed by atoms with Crippen LogP contribution in [-0.2, 0) is 4.74 Å². The van der Waals surface area contributed by atoms with Gasteiger partial charge < -0.3 is 10.1 Å². The number of hydrogen-bond donors (Lipinski definition) is 1. The lowest BCUT2D eigenvalue weighted by Gasteiger charge is -2.42. The SMILES string of the molecule is CC(C)(C)NCC1(CC2CC3CCC2C3)CCOCC1. The first kappa shape index (κ1) is 14.8. The molecule has 0 radical (unpaired) electrons. The van der Waals surface area contributed by atoms with E-state index in [2.05, 4.69) is 26.1 Å². The number of ether oxygens (including phenoxy) is 1. The second-order valence-electron chi connectivity index (χ2n) is 8.85. The predicted molar refractivity (Wildman–Crippen MR) is 83.8 cm³/mol. The molecule has 3 fully saturated rings. The summed E-state index contributed by atoms with van der Waals surface area (Å²) in [5.74, 6) is 3.17. The van der Waals surface area contributed by atoms with Crippen LogP contribution in [0.4, 0.5) is 0 Å². The fourth-order valence-corrected chi connectivity index (χ4v) is 4.89. The van der Waals surface area contributed by atoms with Gasteiger partial charge in [0.25, 0.3) is 0 Å². The zero-order valence-corrected chi connectivity index (χ0v) is 13.7. The van der Waals surface area contributed by atoms with Gasteiger partial charge in [0.1, 0.15) is 0 Å². The maximum Gasteiger partial charge on any atom is 0.0471 e. The van der Waals surface area contributed by atoms with Crippen LogP contribution in [0.2, 0.25) is 0 Å². The zero-order valence-electron chi connectivity index (χ0n) is 13.7. The van der Waals surface area contributed by atoms with Crippen molar-refractivity contribution in [3.8, 4) is 0 Å². The molecule has 0 spiro atoms. The van der Waals surface area contributed by atoms with E-state index in [-0.39, 0.29) is 5.54 Å². The Bertz CT molecular complexity index is 327. The summed E-state index contributed by atoms with van der Waals surface area (Å²) in [6.07, 6.45) is 10.1. The lowest BCUT2D eigenvalue weighted by molar-refractivity contribution is -0.00526. The van der Waals surface area contributed by atoms with Crippen LogP contribution in [0.1, 0.15) is 65.7 Å². The van der Waals surface area contributed by atoms with Crippen molar-refractivity contribution in [1.82, 2.24) is 5.32 Å². The molecule has 0 aromatic carbocycles. The van der Waals surface area contributed by atoms with Crippen molar-refractivity contribution in [1.29, 1.82) is 0 Å². The van der Waals surface area contributed by atoms with Crippen LogP contribution >= 0.6 is 0 Å². The largest absolute Gasteiger partial charge is 0.381 e. The summed E-state index contributed by atoms with van der Waals surface area (Å²) in [5.41, 5.74) is 0.751. The molecule has 1 heterocycles. The maximum absolute atomic E-state index is 5.66. The van der Waals surface area contributed by atoms with Crippen molar-refractivity contribution in [2.24, 2.45) is 23.2 Å². The molecular formula is C18H33NO. The van der Waals surface area contributed by atoms with Gasteiger partial charge in [0.15, 0.2) is 0 Å². The number of hydrogen-bond acceptors (Lipinski definition) is 2. The first-order valence-electron chi connectivity index (χ1n) is 8.79. The number of rotatable bonds is 4. The summed E-state index contributed by atoms with van der Waals surface area (Å²) in [7, 11) is 0. The zero-order chi connectivity index (χ0) is 14.2. The first-order chi connectivity index (χ1) is 9.46. The average molecular weight is 279 g/mol. The third-order valence-electron chi connectivity index (χ3n) is 6.13. The Morgan fingerprint density at radius 3 is 2.40 bits per heavy atom. The molecule has 1 N–H and O–H groups in total. The van der Waals surface area contributed by atoms with Gasteiger partial charge in [-0.2, -0.15) is 0 Å². The highest BCUT2D eigenvalue weighted by atomic mass is 16.5. The molecule has 0 amide bonds. The molecule has 3 rings (SSSR count). The molecule has 2 heteroatoms. The molecule has 1 aliphatic heterocycles. The van der Waals surface area contributed by atoms with Gasteiger partial charge in [-0.25, -0.2) is 0 Å². The molecule has 1 saturated heterocycles. The van der Waals surface area contributed by atoms with Crippen molar-refractivity contribution in [3.05, 3.63) is 0 Å². The van der Waals surface area contributed by atoms with Crippen molar-refractivity contribution < 1.29 is 4.74 Å². The summed E-state index contributed by atoms with van der Waals surface area (Å²) in [6, 6.07) is 0. The molecule has 2 saturated carbocycles. The second-order valence-corrected chi connectivity index (χ2v) is 8.85. The van der Waals surface area contributed by atoms with Crippen LogP contribution in [-0.4, -0.2) is 25.3 Å². The Hall–Kier alpha value is -0.0800. The van der Waals surface area contributed by atoms with E-state index < -0.39 is 0 Å². The summed E-state index contributed by atoms with van der Waals surface area (Å²) in [6.45, 7) is 10.0. The van der Waals surface area contributed by atoms with E-state index >= 15 is 0 Å². The molecule has 2 bridgehead atoms. The quantitative estimate of drug-likeness (QED) is 0.840. The van der Waals surface area contributed by atoms with Crippen LogP contribution in [0, 0.1) is 23.2 Å². The van der Waals surface area contributed by atoms with E-state index in [1.54, 1.807) is 6.42 Å². The summed E-state index contributed by atoms with van der Waals surface area (Å²) < 4.78 is 5.66. The Balaban J connectivity index is 1.63. The van der Waals surface area contributed by atoms with Gasteiger partial charge in [0, 0.05) is 25.3 Å². The monoisotopic (exact) mass is 279 g/mol. The van der Waals surface area contributed by atoms with Crippen LogP contribution in [0.3, 0.4) is 0 Å². The van der Waals surface area contributed by atoms with E-state index in [1.807, 2.05) is 0 Å². The highest BCUT2D eigenvalue weighted by Gasteiger charge is 2.44. The lowest BCUT2D eigenvalue weighted by Crippen LogP contribution is -2.47. The Labute approximate surface area is 125 Å². The first-order valence-corrected chi connectivity index (χ1v) is 8.79. The summed E-state index contributed by atoms with van der Waals surface area (Å²) in [5, 5.41) is 3.79. The van der Waals surface area contributed by atoms with Gasteiger partial charge in [-0.15, -0.1) is 0 Å². The van der Waals surface area contributed by atoms with E-state index in [9.17, 15) is 0 Å². The molecule has 2 aliphatic carbocycles. The molecule has 0 aromatic rings. The third kappa shape index (κ3) is 3.39. The smallest absolute Gasteiger partial charge is 0.0471 e. The molecule has 0 aromatic heterocycles. The molecule has 3 aliphatic rings. The lowest BCUT2D eigenvalue weighted by atomic mass is 9.69. The van der Waals surface area contributed by atoms with Crippen molar-refractivity contribution in [2.75, 3.05) is 19.8 Å². The molecule has 2 nitrogen and oxygen atoms in total. The third-order valence-corrected chi connectivity index (χ3v) is 6.13. The van der Waals surface area contributed by atoms with Gasteiger partial charge in [0.2, 0.25) is 0 Å². The fourth-order valence-electron chi connectivity index (χ4n) is 4.89. The highest BCUT2D eigenvalue weighted by Crippen LogP contribution is 2.53. The normalized spacial score (nSPS) is 36.5. The predicted octanol–water partition coefficient (Wildman–Crippen LogP) is 4.00. The van der Waals surface area contributed by atoms with Crippen molar-refractivity contribution in [3.63, 3.8) is 0 Å². The Kier molecular flexibility index (Phi) is 4.16. The maximum atomic E-state index is 5.66. The van der Waals surface area contributed by atoms with Gasteiger partial charge in [-0.1, -0.05) is 6.42 Å². The topological polar surface area (TPSA) is 21.3 Å². The molecule has 20 heavy (non-hydrogen) atoms. The van der Waals surface area contributed by atoms with E-state index in [0.29, 0.717) is 5.41 Å².